The van der Waals surface area contributed by atoms with Gasteiger partial charge in [0.1, 0.15) is 0 Å². The van der Waals surface area contributed by atoms with Crippen molar-refractivity contribution in [3.63, 3.8) is 0 Å². The molecule has 2 aromatic heterocycles. The van der Waals surface area contributed by atoms with E-state index in [1.165, 1.54) is 35.6 Å². The number of carbonyl (C=O) groups is 1. The highest BCUT2D eigenvalue weighted by atomic mass is 32.2. The fourth-order valence-electron chi connectivity index (χ4n) is 2.61. The third-order valence-corrected chi connectivity index (χ3v) is 7.46. The number of hydrogen-bond donors (Lipinski definition) is 2. The van der Waals surface area contributed by atoms with E-state index in [2.05, 4.69) is 15.0 Å². The van der Waals surface area contributed by atoms with Gasteiger partial charge < -0.3 is 0 Å². The molecule has 0 saturated carbocycles. The third-order valence-electron chi connectivity index (χ3n) is 4.12. The van der Waals surface area contributed by atoms with E-state index in [-0.39, 0.29) is 10.8 Å². The topological polar surface area (TPSA) is 88.2 Å². The molecular weight excluding hydrogens is 414 g/mol. The zero-order valence-corrected chi connectivity index (χ0v) is 18.0. The predicted octanol–water partition coefficient (Wildman–Crippen LogP) is 3.85. The fraction of sp³-hybridized carbons (Fsp3) is 0.263. The molecule has 0 fully saturated rings. The Kier molecular flexibility index (Phi) is 6.61. The fourth-order valence-corrected chi connectivity index (χ4v) is 5.25. The van der Waals surface area contributed by atoms with Crippen molar-refractivity contribution >= 4 is 43.7 Å². The summed E-state index contributed by atoms with van der Waals surface area (Å²) in [5.74, 6) is -0.314. The number of benzene rings is 1. The number of nitrogens with zero attached hydrogens (tertiary/aromatic N) is 1. The van der Waals surface area contributed by atoms with E-state index in [0.717, 1.165) is 21.9 Å². The van der Waals surface area contributed by atoms with Gasteiger partial charge in [-0.2, -0.15) is 0 Å². The molecule has 2 heterocycles. The Morgan fingerprint density at radius 1 is 1.18 bits per heavy atom. The maximum Gasteiger partial charge on any atom is 0.257 e. The summed E-state index contributed by atoms with van der Waals surface area (Å²) in [6.07, 6.45) is 1.45. The molecule has 0 aliphatic carbocycles. The average Bonchev–Trinajstić information content (AvgIpc) is 3.31. The van der Waals surface area contributed by atoms with Crippen molar-refractivity contribution < 1.29 is 13.2 Å². The number of nitrogens with one attached hydrogen (secondary N) is 2. The second-order valence-corrected chi connectivity index (χ2v) is 10.1. The summed E-state index contributed by atoms with van der Waals surface area (Å²) in [5.41, 5.74) is 1.35. The molecule has 3 aromatic rings. The lowest BCUT2D eigenvalue weighted by Crippen LogP contribution is -2.26. The molecule has 1 amide bonds. The van der Waals surface area contributed by atoms with Crippen molar-refractivity contribution in [1.29, 1.82) is 0 Å². The average molecular weight is 436 g/mol. The molecule has 148 valence electrons. The molecule has 0 bridgehead atoms. The molecule has 0 aliphatic heterocycles. The second kappa shape index (κ2) is 8.95. The smallest absolute Gasteiger partial charge is 0.257 e. The molecule has 9 heteroatoms. The minimum Gasteiger partial charge on any atom is -0.298 e. The molecule has 0 radical (unpaired) electrons. The van der Waals surface area contributed by atoms with E-state index < -0.39 is 10.0 Å². The number of rotatable bonds is 8. The number of anilines is 1. The Labute approximate surface area is 172 Å². The molecule has 2 N–H and O–H groups in total. The first-order chi connectivity index (χ1) is 13.4. The summed E-state index contributed by atoms with van der Waals surface area (Å²) < 4.78 is 27.4. The van der Waals surface area contributed by atoms with Crippen LogP contribution in [0.25, 0.3) is 0 Å². The van der Waals surface area contributed by atoms with Crippen LogP contribution in [-0.2, 0) is 22.9 Å². The number of thiazole rings is 1. The maximum absolute atomic E-state index is 12.4. The second-order valence-electron chi connectivity index (χ2n) is 6.08. The van der Waals surface area contributed by atoms with Gasteiger partial charge >= 0.3 is 0 Å². The first-order valence-corrected chi connectivity index (χ1v) is 12.0. The highest BCUT2D eigenvalue weighted by Crippen LogP contribution is 2.23. The summed E-state index contributed by atoms with van der Waals surface area (Å²) in [5, 5.41) is 5.28. The lowest BCUT2D eigenvalue weighted by atomic mass is 10.2. The summed E-state index contributed by atoms with van der Waals surface area (Å²) >= 11 is 3.02. The highest BCUT2D eigenvalue weighted by molar-refractivity contribution is 7.89. The molecule has 0 spiro atoms. The molecule has 3 rings (SSSR count). The van der Waals surface area contributed by atoms with Crippen LogP contribution in [-0.4, -0.2) is 25.9 Å². The van der Waals surface area contributed by atoms with Gasteiger partial charge in [0.25, 0.3) is 5.91 Å². The Morgan fingerprint density at radius 3 is 2.54 bits per heavy atom. The minimum atomic E-state index is -3.61. The summed E-state index contributed by atoms with van der Waals surface area (Å²) in [6, 6.07) is 9.79. The van der Waals surface area contributed by atoms with Crippen LogP contribution in [0.5, 0.6) is 0 Å². The Balaban J connectivity index is 1.62. The first kappa shape index (κ1) is 20.7. The van der Waals surface area contributed by atoms with Crippen molar-refractivity contribution in [3.05, 3.63) is 62.8 Å². The van der Waals surface area contributed by atoms with Gasteiger partial charge in [0.15, 0.2) is 5.13 Å². The molecule has 28 heavy (non-hydrogen) atoms. The largest absolute Gasteiger partial charge is 0.298 e. The van der Waals surface area contributed by atoms with E-state index in [0.29, 0.717) is 23.7 Å². The van der Waals surface area contributed by atoms with E-state index >= 15 is 0 Å². The van der Waals surface area contributed by atoms with Crippen LogP contribution in [0.3, 0.4) is 0 Å². The van der Waals surface area contributed by atoms with Crippen molar-refractivity contribution in [1.82, 2.24) is 9.71 Å². The van der Waals surface area contributed by atoms with Crippen LogP contribution >= 0.6 is 22.7 Å². The van der Waals surface area contributed by atoms with Gasteiger partial charge in [0, 0.05) is 21.9 Å². The number of carbonyl (C=O) groups excluding carboxylic acids is 1. The number of hydrogen-bond acceptors (Lipinski definition) is 6. The third kappa shape index (κ3) is 5.05. The number of aryl methyl sites for hydroxylation is 2. The van der Waals surface area contributed by atoms with E-state index in [4.69, 9.17) is 0 Å². The van der Waals surface area contributed by atoms with E-state index in [1.54, 1.807) is 11.3 Å². The van der Waals surface area contributed by atoms with Crippen molar-refractivity contribution in [2.45, 2.75) is 31.6 Å². The number of amides is 1. The Morgan fingerprint density at radius 2 is 1.93 bits per heavy atom. The van der Waals surface area contributed by atoms with Crippen molar-refractivity contribution in [3.8, 4) is 0 Å². The van der Waals surface area contributed by atoms with Gasteiger partial charge in [0.2, 0.25) is 10.0 Å². The number of sulfonamides is 1. The lowest BCUT2D eigenvalue weighted by molar-refractivity contribution is 0.102. The molecular formula is C19H21N3O3S3. The van der Waals surface area contributed by atoms with Gasteiger partial charge in [-0.05, 0) is 55.5 Å². The van der Waals surface area contributed by atoms with Gasteiger partial charge in [0.05, 0.1) is 10.6 Å². The van der Waals surface area contributed by atoms with Crippen molar-refractivity contribution in [2.24, 2.45) is 0 Å². The van der Waals surface area contributed by atoms with Gasteiger partial charge in [-0.1, -0.05) is 13.0 Å². The zero-order chi connectivity index (χ0) is 20.1. The molecule has 6 nitrogen and oxygen atoms in total. The van der Waals surface area contributed by atoms with E-state index in [9.17, 15) is 13.2 Å². The van der Waals surface area contributed by atoms with Gasteiger partial charge in [-0.3, -0.25) is 10.1 Å². The minimum absolute atomic E-state index is 0.133. The highest BCUT2D eigenvalue weighted by Gasteiger charge is 2.16. The Bertz CT molecular complexity index is 1040. The Hall–Kier alpha value is -2.07. The molecule has 1 aromatic carbocycles. The monoisotopic (exact) mass is 435 g/mol. The SMILES string of the molecule is CCc1nc(NC(=O)c2ccc(S(=O)(=O)NCCc3cccs3)cc2)sc1C. The van der Waals surface area contributed by atoms with Crippen LogP contribution in [0.2, 0.25) is 0 Å². The summed E-state index contributed by atoms with van der Waals surface area (Å²) in [7, 11) is -3.61. The van der Waals surface area contributed by atoms with Crippen LogP contribution in [0.15, 0.2) is 46.7 Å². The van der Waals surface area contributed by atoms with Gasteiger partial charge in [-0.15, -0.1) is 22.7 Å². The molecule has 0 unspecified atom stereocenters. The molecule has 0 atom stereocenters. The predicted molar refractivity (Wildman–Crippen MR) is 114 cm³/mol. The van der Waals surface area contributed by atoms with Crippen LogP contribution in [0.4, 0.5) is 5.13 Å². The zero-order valence-electron chi connectivity index (χ0n) is 15.6. The van der Waals surface area contributed by atoms with Gasteiger partial charge in [-0.25, -0.2) is 18.1 Å². The summed E-state index contributed by atoms with van der Waals surface area (Å²) in [4.78, 5) is 19.1. The van der Waals surface area contributed by atoms with Crippen LogP contribution in [0.1, 0.15) is 32.7 Å². The normalized spacial score (nSPS) is 11.5. The standard InChI is InChI=1S/C19H21N3O3S3/c1-3-17-13(2)27-19(21-17)22-18(23)14-6-8-16(9-7-14)28(24,25)20-11-10-15-5-4-12-26-15/h4-9,12,20H,3,10-11H2,1-2H3,(H,21,22,23). The number of aromatic nitrogens is 1. The lowest BCUT2D eigenvalue weighted by Gasteiger charge is -2.07. The quantitative estimate of drug-likeness (QED) is 0.563. The number of thiophene rings is 1. The van der Waals surface area contributed by atoms with Crippen molar-refractivity contribution in [2.75, 3.05) is 11.9 Å². The van der Waals surface area contributed by atoms with Crippen LogP contribution in [0, 0.1) is 6.92 Å². The molecule has 0 aliphatic rings. The van der Waals surface area contributed by atoms with E-state index in [1.807, 2.05) is 31.4 Å². The summed E-state index contributed by atoms with van der Waals surface area (Å²) in [6.45, 7) is 4.31. The molecule has 0 saturated heterocycles. The first-order valence-electron chi connectivity index (χ1n) is 8.79. The van der Waals surface area contributed by atoms with Crippen LogP contribution < -0.4 is 10.0 Å². The maximum atomic E-state index is 12.4.